The number of nitrogens with zero attached hydrogens (tertiary/aromatic N) is 4. The maximum Gasteiger partial charge on any atom is 0.288 e. The number of aromatic nitrogens is 3. The third-order valence-corrected chi connectivity index (χ3v) is 6.08. The molecule has 5 rings (SSSR count). The van der Waals surface area contributed by atoms with Gasteiger partial charge in [-0.15, -0.1) is 0 Å². The second-order valence-electron chi connectivity index (χ2n) is 6.64. The predicted octanol–water partition coefficient (Wildman–Crippen LogP) is 4.39. The Balaban J connectivity index is 1.57. The highest BCUT2D eigenvalue weighted by molar-refractivity contribution is 8.03. The molecule has 2 aromatic carbocycles. The van der Waals surface area contributed by atoms with Gasteiger partial charge in [0.15, 0.2) is 11.8 Å². The number of aryl methyl sites for hydroxylation is 1. The molecule has 0 amide bonds. The normalized spacial score (nSPS) is 14.9. The Kier molecular flexibility index (Phi) is 3.76. The van der Waals surface area contributed by atoms with E-state index in [0.29, 0.717) is 0 Å². The van der Waals surface area contributed by atoms with Crippen molar-refractivity contribution in [3.63, 3.8) is 0 Å². The summed E-state index contributed by atoms with van der Waals surface area (Å²) in [7, 11) is 4.19. The average molecular weight is 371 g/mol. The van der Waals surface area contributed by atoms with Gasteiger partial charge in [-0.25, -0.2) is 9.55 Å². The smallest absolute Gasteiger partial charge is 0.288 e. The van der Waals surface area contributed by atoms with Gasteiger partial charge in [-0.2, -0.15) is 4.57 Å². The molecule has 0 N–H and O–H groups in total. The minimum Gasteiger partial charge on any atom is -0.338 e. The molecule has 0 radical (unpaired) electrons. The number of pyridine rings is 1. The second-order valence-corrected chi connectivity index (χ2v) is 7.71. The molecule has 0 unspecified atom stereocenters. The van der Waals surface area contributed by atoms with E-state index in [9.17, 15) is 0 Å². The molecule has 27 heavy (non-hydrogen) atoms. The van der Waals surface area contributed by atoms with E-state index in [1.165, 1.54) is 21.2 Å². The van der Waals surface area contributed by atoms with E-state index in [1.54, 1.807) is 0 Å². The highest BCUT2D eigenvalue weighted by Gasteiger charge is 2.22. The number of benzene rings is 2. The van der Waals surface area contributed by atoms with Crippen LogP contribution in [0.25, 0.3) is 22.9 Å². The number of hydrogen-bond donors (Lipinski definition) is 0. The summed E-state index contributed by atoms with van der Waals surface area (Å²) in [5.41, 5.74) is 4.54. The largest absolute Gasteiger partial charge is 0.338 e. The van der Waals surface area contributed by atoms with Gasteiger partial charge in [0.2, 0.25) is 0 Å². The fourth-order valence-electron chi connectivity index (χ4n) is 3.43. The molecule has 0 fully saturated rings. The maximum absolute atomic E-state index is 4.53. The average Bonchev–Trinajstić information content (AvgIpc) is 3.25. The van der Waals surface area contributed by atoms with Gasteiger partial charge in [-0.3, -0.25) is 0 Å². The summed E-state index contributed by atoms with van der Waals surface area (Å²) >= 11 is 1.81. The molecule has 4 nitrogen and oxygen atoms in total. The molecule has 2 aromatic heterocycles. The van der Waals surface area contributed by atoms with Gasteiger partial charge >= 0.3 is 0 Å². The van der Waals surface area contributed by atoms with E-state index >= 15 is 0 Å². The van der Waals surface area contributed by atoms with E-state index in [1.807, 2.05) is 36.3 Å². The SMILES string of the molecule is CN1/C(=C/c2cc[n+](C)c(-n3cnc4ccccc43)c2)Sc2ccccc21. The van der Waals surface area contributed by atoms with Gasteiger partial charge < -0.3 is 4.90 Å². The van der Waals surface area contributed by atoms with Crippen LogP contribution in [0.2, 0.25) is 0 Å². The lowest BCUT2D eigenvalue weighted by atomic mass is 10.2. The lowest BCUT2D eigenvalue weighted by Gasteiger charge is -2.13. The van der Waals surface area contributed by atoms with Crippen molar-refractivity contribution in [3.8, 4) is 5.82 Å². The van der Waals surface area contributed by atoms with Gasteiger partial charge in [0.1, 0.15) is 5.52 Å². The highest BCUT2D eigenvalue weighted by Crippen LogP contribution is 2.45. The Hall–Kier alpha value is -3.05. The molecule has 3 heterocycles. The summed E-state index contributed by atoms with van der Waals surface area (Å²) < 4.78 is 4.26. The summed E-state index contributed by atoms with van der Waals surface area (Å²) in [6.07, 6.45) is 6.24. The van der Waals surface area contributed by atoms with Crippen LogP contribution < -0.4 is 9.47 Å². The van der Waals surface area contributed by atoms with Crippen LogP contribution in [0, 0.1) is 0 Å². The lowest BCUT2D eigenvalue weighted by Crippen LogP contribution is -2.33. The van der Waals surface area contributed by atoms with Crippen molar-refractivity contribution in [2.75, 3.05) is 11.9 Å². The summed E-state index contributed by atoms with van der Waals surface area (Å²) in [4.78, 5) is 8.08. The number of rotatable bonds is 2. The Morgan fingerprint density at radius 3 is 2.74 bits per heavy atom. The predicted molar refractivity (Wildman–Crippen MR) is 111 cm³/mol. The molecule has 0 bridgehead atoms. The monoisotopic (exact) mass is 371 g/mol. The number of anilines is 1. The van der Waals surface area contributed by atoms with Crippen LogP contribution in [0.1, 0.15) is 5.56 Å². The first-order chi connectivity index (χ1) is 13.2. The van der Waals surface area contributed by atoms with Crippen molar-refractivity contribution in [3.05, 3.63) is 83.8 Å². The zero-order chi connectivity index (χ0) is 18.4. The third-order valence-electron chi connectivity index (χ3n) is 4.91. The molecule has 5 heteroatoms. The third kappa shape index (κ3) is 2.71. The van der Waals surface area contributed by atoms with Crippen molar-refractivity contribution in [2.24, 2.45) is 7.05 Å². The van der Waals surface area contributed by atoms with Gasteiger partial charge in [0.25, 0.3) is 5.82 Å². The summed E-state index contributed by atoms with van der Waals surface area (Å²) in [5, 5.41) is 1.23. The summed E-state index contributed by atoms with van der Waals surface area (Å²) in [5.74, 6) is 1.08. The van der Waals surface area contributed by atoms with Crippen LogP contribution in [-0.4, -0.2) is 16.6 Å². The highest BCUT2D eigenvalue weighted by atomic mass is 32.2. The fourth-order valence-corrected chi connectivity index (χ4v) is 4.55. The topological polar surface area (TPSA) is 24.9 Å². The molecule has 1 aliphatic rings. The van der Waals surface area contributed by atoms with Gasteiger partial charge in [0, 0.05) is 18.0 Å². The first kappa shape index (κ1) is 16.1. The van der Waals surface area contributed by atoms with E-state index < -0.39 is 0 Å². The Labute approximate surface area is 162 Å². The van der Waals surface area contributed by atoms with Crippen molar-refractivity contribution in [1.82, 2.24) is 9.55 Å². The minimum absolute atomic E-state index is 1.00. The Bertz CT molecular complexity index is 1190. The summed E-state index contributed by atoms with van der Waals surface area (Å²) in [6.45, 7) is 0. The van der Waals surface area contributed by atoms with E-state index in [4.69, 9.17) is 0 Å². The molecule has 0 saturated heterocycles. The van der Waals surface area contributed by atoms with Crippen LogP contribution in [-0.2, 0) is 7.05 Å². The molecule has 1 aliphatic heterocycles. The number of thioether (sulfide) groups is 1. The van der Waals surface area contributed by atoms with Crippen LogP contribution in [0.5, 0.6) is 0 Å². The van der Waals surface area contributed by atoms with Crippen LogP contribution in [0.15, 0.2) is 83.1 Å². The van der Waals surface area contributed by atoms with Crippen molar-refractivity contribution >= 4 is 34.6 Å². The quantitative estimate of drug-likeness (QED) is 0.489. The number of fused-ring (bicyclic) bond motifs is 2. The first-order valence-electron chi connectivity index (χ1n) is 8.85. The van der Waals surface area contributed by atoms with Crippen LogP contribution in [0.4, 0.5) is 5.69 Å². The Morgan fingerprint density at radius 1 is 1.04 bits per heavy atom. The molecule has 0 saturated carbocycles. The molecular formula is C22H19N4S+. The molecular weight excluding hydrogens is 352 g/mol. The number of hydrogen-bond acceptors (Lipinski definition) is 3. The fraction of sp³-hybridized carbons (Fsp3) is 0.0909. The zero-order valence-electron chi connectivity index (χ0n) is 15.2. The van der Waals surface area contributed by atoms with Crippen molar-refractivity contribution in [1.29, 1.82) is 0 Å². The van der Waals surface area contributed by atoms with Crippen molar-refractivity contribution in [2.45, 2.75) is 4.90 Å². The number of para-hydroxylation sites is 3. The number of imidazole rings is 1. The van der Waals surface area contributed by atoms with Crippen LogP contribution in [0.3, 0.4) is 0 Å². The molecule has 0 atom stereocenters. The minimum atomic E-state index is 1.00. The zero-order valence-corrected chi connectivity index (χ0v) is 16.0. The summed E-state index contributed by atoms with van der Waals surface area (Å²) in [6, 6.07) is 21.1. The van der Waals surface area contributed by atoms with Gasteiger partial charge in [0.05, 0.1) is 24.0 Å². The van der Waals surface area contributed by atoms with Gasteiger partial charge in [-0.1, -0.05) is 36.0 Å². The van der Waals surface area contributed by atoms with Crippen LogP contribution >= 0.6 is 11.8 Å². The van der Waals surface area contributed by atoms with E-state index in [0.717, 1.165) is 16.9 Å². The molecule has 132 valence electrons. The molecule has 4 aromatic rings. The second kappa shape index (κ2) is 6.28. The van der Waals surface area contributed by atoms with Gasteiger partial charge in [-0.05, 0) is 42.0 Å². The lowest BCUT2D eigenvalue weighted by molar-refractivity contribution is -0.665. The molecule has 0 aliphatic carbocycles. The standard InChI is InChI=1S/C22H19N4S/c1-24-12-11-16(14-22-25(2)19-9-5-6-10-20(19)27-22)13-21(24)26-15-23-17-7-3-4-8-18(17)26/h3-15H,1-2H3/q+1. The Morgan fingerprint density at radius 2 is 1.85 bits per heavy atom. The first-order valence-corrected chi connectivity index (χ1v) is 9.67. The van der Waals surface area contributed by atoms with E-state index in [2.05, 4.69) is 87.9 Å². The maximum atomic E-state index is 4.53. The van der Waals surface area contributed by atoms with E-state index in [-0.39, 0.29) is 0 Å². The van der Waals surface area contributed by atoms with Crippen molar-refractivity contribution < 1.29 is 4.57 Å². The molecule has 0 spiro atoms.